The zero-order valence-corrected chi connectivity index (χ0v) is 8.18. The van der Waals surface area contributed by atoms with Crippen molar-refractivity contribution in [1.82, 2.24) is 0 Å². The van der Waals surface area contributed by atoms with Crippen molar-refractivity contribution in [2.24, 2.45) is 5.92 Å². The quantitative estimate of drug-likeness (QED) is 0.514. The molecule has 1 aliphatic carbocycles. The first kappa shape index (κ1) is 8.35. The molecule has 0 saturated heterocycles. The van der Waals surface area contributed by atoms with Gasteiger partial charge in [-0.3, -0.25) is 0 Å². The summed E-state index contributed by atoms with van der Waals surface area (Å²) in [6.07, 6.45) is 3.08. The van der Waals surface area contributed by atoms with Crippen LogP contribution in [0, 0.1) is 15.8 Å². The summed E-state index contributed by atoms with van der Waals surface area (Å²) in [6.45, 7) is 2.06. The highest BCUT2D eigenvalue weighted by Gasteiger charge is 2.36. The van der Waals surface area contributed by atoms with E-state index in [0.717, 1.165) is 19.3 Å². The van der Waals surface area contributed by atoms with Crippen LogP contribution in [0.5, 0.6) is 0 Å². The van der Waals surface area contributed by atoms with Crippen molar-refractivity contribution in [1.29, 1.82) is 0 Å². The van der Waals surface area contributed by atoms with Gasteiger partial charge in [0.25, 0.3) is 0 Å². The Bertz CT molecular complexity index is 179. The van der Waals surface area contributed by atoms with Crippen molar-refractivity contribution in [3.63, 3.8) is 0 Å². The van der Waals surface area contributed by atoms with Crippen LogP contribution in [0.1, 0.15) is 26.2 Å². The third-order valence-electron chi connectivity index (χ3n) is 2.27. The summed E-state index contributed by atoms with van der Waals surface area (Å²) in [5, 5.41) is 9.78. The minimum atomic E-state index is -0.665. The van der Waals surface area contributed by atoms with Crippen LogP contribution in [0.25, 0.3) is 0 Å². The summed E-state index contributed by atoms with van der Waals surface area (Å²) < 4.78 is 2.75. The number of hydrogen-bond donors (Lipinski definition) is 1. The van der Waals surface area contributed by atoms with Crippen molar-refractivity contribution < 1.29 is 5.11 Å². The second kappa shape index (κ2) is 3.10. The summed E-state index contributed by atoms with van der Waals surface area (Å²) in [5.41, 5.74) is -0.665. The van der Waals surface area contributed by atoms with Crippen LogP contribution >= 0.6 is 22.6 Å². The highest BCUT2D eigenvalue weighted by atomic mass is 127. The molecule has 56 valence electrons. The molecule has 1 aliphatic rings. The summed E-state index contributed by atoms with van der Waals surface area (Å²) in [5.74, 6) is 3.22. The van der Waals surface area contributed by atoms with Gasteiger partial charge in [0.15, 0.2) is 0 Å². The molecule has 1 saturated carbocycles. The van der Waals surface area contributed by atoms with Gasteiger partial charge in [-0.2, -0.15) is 0 Å². The standard InChI is InChI=1S/C8H11IO/c1-7-3-2-4-8(7,10)5-6-9/h7,10H,2-4H2,1H3/t7-,8+/m1/s1. The van der Waals surface area contributed by atoms with Crippen LogP contribution in [-0.4, -0.2) is 10.7 Å². The summed E-state index contributed by atoms with van der Waals surface area (Å²) >= 11 is 1.98. The molecule has 0 unspecified atom stereocenters. The third kappa shape index (κ3) is 1.46. The van der Waals surface area contributed by atoms with E-state index < -0.39 is 5.60 Å². The Labute approximate surface area is 75.3 Å². The molecule has 1 rings (SSSR count). The van der Waals surface area contributed by atoms with E-state index >= 15 is 0 Å². The second-order valence-corrected chi connectivity index (χ2v) is 3.48. The SMILES string of the molecule is C[C@@H]1CCC[C@]1(O)C#CI. The van der Waals surface area contributed by atoms with Gasteiger partial charge in [0.1, 0.15) is 5.60 Å². The van der Waals surface area contributed by atoms with Crippen molar-refractivity contribution in [2.75, 3.05) is 0 Å². The van der Waals surface area contributed by atoms with Gasteiger partial charge < -0.3 is 5.11 Å². The minimum absolute atomic E-state index is 0.356. The van der Waals surface area contributed by atoms with Crippen LogP contribution < -0.4 is 0 Å². The van der Waals surface area contributed by atoms with Crippen LogP contribution in [0.15, 0.2) is 0 Å². The predicted octanol–water partition coefficient (Wildman–Crippen LogP) is 1.93. The molecule has 1 N–H and O–H groups in total. The van der Waals surface area contributed by atoms with Crippen LogP contribution in [0.2, 0.25) is 0 Å². The van der Waals surface area contributed by atoms with Gasteiger partial charge in [0.05, 0.1) is 0 Å². The zero-order valence-electron chi connectivity index (χ0n) is 6.02. The Morgan fingerprint density at radius 1 is 1.70 bits per heavy atom. The third-order valence-corrected chi connectivity index (χ3v) is 2.54. The van der Waals surface area contributed by atoms with Gasteiger partial charge in [-0.1, -0.05) is 12.8 Å². The van der Waals surface area contributed by atoms with Gasteiger partial charge in [-0.15, -0.1) is 0 Å². The normalized spacial score (nSPS) is 38.9. The number of hydrogen-bond acceptors (Lipinski definition) is 1. The fraction of sp³-hybridized carbons (Fsp3) is 0.750. The van der Waals surface area contributed by atoms with Crippen molar-refractivity contribution in [3.8, 4) is 9.85 Å². The lowest BCUT2D eigenvalue weighted by Gasteiger charge is -2.19. The maximum Gasteiger partial charge on any atom is 0.128 e. The van der Waals surface area contributed by atoms with Crippen LogP contribution in [0.3, 0.4) is 0 Å². The molecule has 0 radical (unpaired) electrons. The van der Waals surface area contributed by atoms with Crippen LogP contribution in [-0.2, 0) is 0 Å². The summed E-state index contributed by atoms with van der Waals surface area (Å²) in [4.78, 5) is 0. The molecule has 0 aromatic rings. The lowest BCUT2D eigenvalue weighted by Crippen LogP contribution is -2.28. The molecule has 2 heteroatoms. The molecule has 0 aromatic heterocycles. The fourth-order valence-corrected chi connectivity index (χ4v) is 1.90. The molecule has 1 fully saturated rings. The Kier molecular flexibility index (Phi) is 2.59. The van der Waals surface area contributed by atoms with E-state index in [0.29, 0.717) is 5.92 Å². The van der Waals surface area contributed by atoms with Gasteiger partial charge in [-0.25, -0.2) is 0 Å². The first-order valence-corrected chi connectivity index (χ1v) is 4.62. The molecule has 0 bridgehead atoms. The molecule has 10 heavy (non-hydrogen) atoms. The summed E-state index contributed by atoms with van der Waals surface area (Å²) in [7, 11) is 0. The molecular formula is C8H11IO. The molecule has 0 aromatic carbocycles. The lowest BCUT2D eigenvalue weighted by molar-refractivity contribution is 0.0689. The van der Waals surface area contributed by atoms with Gasteiger partial charge in [0.2, 0.25) is 0 Å². The van der Waals surface area contributed by atoms with Gasteiger partial charge in [0, 0.05) is 22.6 Å². The fourth-order valence-electron chi connectivity index (χ4n) is 1.43. The smallest absolute Gasteiger partial charge is 0.128 e. The maximum absolute atomic E-state index is 9.78. The molecule has 0 spiro atoms. The number of rotatable bonds is 0. The van der Waals surface area contributed by atoms with Crippen LogP contribution in [0.4, 0.5) is 0 Å². The van der Waals surface area contributed by atoms with E-state index in [1.165, 1.54) is 0 Å². The minimum Gasteiger partial charge on any atom is -0.377 e. The largest absolute Gasteiger partial charge is 0.377 e. The van der Waals surface area contributed by atoms with E-state index in [9.17, 15) is 5.11 Å². The van der Waals surface area contributed by atoms with E-state index in [1.54, 1.807) is 0 Å². The van der Waals surface area contributed by atoms with Crippen molar-refractivity contribution in [2.45, 2.75) is 31.8 Å². The second-order valence-electron chi connectivity index (χ2n) is 2.94. The highest BCUT2D eigenvalue weighted by molar-refractivity contribution is 14.1. The highest BCUT2D eigenvalue weighted by Crippen LogP contribution is 2.34. The van der Waals surface area contributed by atoms with Gasteiger partial charge >= 0.3 is 0 Å². The Morgan fingerprint density at radius 3 is 2.80 bits per heavy atom. The van der Waals surface area contributed by atoms with E-state index in [2.05, 4.69) is 16.8 Å². The molecular weight excluding hydrogens is 239 g/mol. The Morgan fingerprint density at radius 2 is 2.40 bits per heavy atom. The maximum atomic E-state index is 9.78. The van der Waals surface area contributed by atoms with Crippen molar-refractivity contribution in [3.05, 3.63) is 0 Å². The average Bonchev–Trinajstić information content (AvgIpc) is 2.15. The average molecular weight is 250 g/mol. The first-order valence-electron chi connectivity index (χ1n) is 3.54. The Hall–Kier alpha value is 0.250. The lowest BCUT2D eigenvalue weighted by atomic mass is 9.94. The molecule has 0 heterocycles. The topological polar surface area (TPSA) is 20.2 Å². The first-order chi connectivity index (χ1) is 4.69. The molecule has 0 amide bonds. The molecule has 1 nitrogen and oxygen atoms in total. The molecule has 2 atom stereocenters. The predicted molar refractivity (Wildman–Crippen MR) is 49.8 cm³/mol. The number of aliphatic hydroxyl groups is 1. The monoisotopic (exact) mass is 250 g/mol. The van der Waals surface area contributed by atoms with Gasteiger partial charge in [-0.05, 0) is 29.1 Å². The summed E-state index contributed by atoms with van der Waals surface area (Å²) in [6, 6.07) is 0. The van der Waals surface area contributed by atoms with E-state index in [-0.39, 0.29) is 0 Å². The zero-order chi connectivity index (χ0) is 7.61. The van der Waals surface area contributed by atoms with E-state index in [1.807, 2.05) is 22.6 Å². The van der Waals surface area contributed by atoms with E-state index in [4.69, 9.17) is 0 Å². The molecule has 0 aliphatic heterocycles. The van der Waals surface area contributed by atoms with Crippen molar-refractivity contribution >= 4 is 22.6 Å². The number of halogens is 1. The Balaban J connectivity index is 2.72.